The van der Waals surface area contributed by atoms with Crippen LogP contribution in [0, 0.1) is 13.8 Å². The summed E-state index contributed by atoms with van der Waals surface area (Å²) in [7, 11) is 0. The highest BCUT2D eigenvalue weighted by atomic mass is 15.2. The van der Waals surface area contributed by atoms with Crippen LogP contribution in [-0.2, 0) is 25.7 Å². The molecule has 0 saturated carbocycles. The van der Waals surface area contributed by atoms with E-state index in [0.717, 1.165) is 19.3 Å². The van der Waals surface area contributed by atoms with Gasteiger partial charge in [-0.3, -0.25) is 4.90 Å². The van der Waals surface area contributed by atoms with Gasteiger partial charge < -0.3 is 4.98 Å². The molecule has 3 aromatic rings. The predicted octanol–water partition coefficient (Wildman–Crippen LogP) is 5.76. The number of fused-ring (bicyclic) bond motifs is 1. The molecule has 0 spiro atoms. The lowest BCUT2D eigenvalue weighted by Crippen LogP contribution is -2.36. The summed E-state index contributed by atoms with van der Waals surface area (Å²) in [6, 6.07) is 19.3. The molecule has 156 valence electrons. The minimum absolute atomic E-state index is 0.635. The number of hydrogen-bond donors (Lipinski definition) is 1. The van der Waals surface area contributed by atoms with E-state index in [-0.39, 0.29) is 0 Å². The predicted molar refractivity (Wildman–Crippen MR) is 125 cm³/mol. The molecule has 30 heavy (non-hydrogen) atoms. The Morgan fingerprint density at radius 2 is 1.63 bits per heavy atom. The molecule has 0 radical (unpaired) electrons. The maximum atomic E-state index is 3.35. The third kappa shape index (κ3) is 3.86. The van der Waals surface area contributed by atoms with Crippen molar-refractivity contribution >= 4 is 0 Å². The van der Waals surface area contributed by atoms with Gasteiger partial charge in [-0.1, -0.05) is 48.5 Å². The lowest BCUT2D eigenvalue weighted by molar-refractivity contribution is 0.220. The largest absolute Gasteiger partial charge is 0.365 e. The number of aryl methyl sites for hydroxylation is 3. The minimum Gasteiger partial charge on any atom is -0.365 e. The molecule has 1 aliphatic carbocycles. The molecule has 0 bridgehead atoms. The molecule has 2 heterocycles. The fourth-order valence-corrected chi connectivity index (χ4v) is 5.80. The molecule has 5 rings (SSSR count). The molecule has 1 N–H and O–H groups in total. The van der Waals surface area contributed by atoms with Crippen LogP contribution < -0.4 is 0 Å². The van der Waals surface area contributed by atoms with E-state index < -0.39 is 0 Å². The van der Waals surface area contributed by atoms with Crippen molar-refractivity contribution in [3.63, 3.8) is 0 Å². The zero-order valence-corrected chi connectivity index (χ0v) is 18.5. The van der Waals surface area contributed by atoms with Gasteiger partial charge >= 0.3 is 0 Å². The van der Waals surface area contributed by atoms with E-state index in [2.05, 4.69) is 78.5 Å². The van der Waals surface area contributed by atoms with Crippen molar-refractivity contribution in [3.05, 3.63) is 93.8 Å². The fraction of sp³-hybridized carbons (Fsp3) is 0.429. The van der Waals surface area contributed by atoms with Gasteiger partial charge in [-0.2, -0.15) is 0 Å². The number of benzene rings is 2. The Kier molecular flexibility index (Phi) is 5.52. The van der Waals surface area contributed by atoms with Gasteiger partial charge in [-0.25, -0.2) is 0 Å². The molecule has 2 unspecified atom stereocenters. The van der Waals surface area contributed by atoms with E-state index in [1.165, 1.54) is 60.3 Å². The van der Waals surface area contributed by atoms with Crippen LogP contribution in [0.4, 0.5) is 0 Å². The second-order valence-electron chi connectivity index (χ2n) is 9.42. The monoisotopic (exact) mass is 398 g/mol. The summed E-state index contributed by atoms with van der Waals surface area (Å²) in [5, 5.41) is 0. The first kappa shape index (κ1) is 19.6. The molecular weight excluding hydrogens is 364 g/mol. The topological polar surface area (TPSA) is 19.0 Å². The van der Waals surface area contributed by atoms with Crippen LogP contribution in [0.2, 0.25) is 0 Å². The molecule has 2 aliphatic rings. The first-order valence-corrected chi connectivity index (χ1v) is 11.7. The van der Waals surface area contributed by atoms with E-state index in [4.69, 9.17) is 0 Å². The molecule has 1 aromatic heterocycles. The number of likely N-dealkylation sites (tertiary alicyclic amines) is 1. The average molecular weight is 399 g/mol. The number of rotatable bonds is 6. The molecule has 1 saturated heterocycles. The summed E-state index contributed by atoms with van der Waals surface area (Å²) < 4.78 is 0. The van der Waals surface area contributed by atoms with Gasteiger partial charge in [-0.05, 0) is 98.8 Å². The van der Waals surface area contributed by atoms with E-state index in [1.54, 1.807) is 11.1 Å². The Balaban J connectivity index is 1.29. The number of H-pyrrole nitrogens is 1. The smallest absolute Gasteiger partial charge is 0.0208 e. The van der Waals surface area contributed by atoms with Gasteiger partial charge in [0.15, 0.2) is 0 Å². The fourth-order valence-electron chi connectivity index (χ4n) is 5.80. The zero-order chi connectivity index (χ0) is 20.5. The van der Waals surface area contributed by atoms with Gasteiger partial charge in [-0.15, -0.1) is 0 Å². The van der Waals surface area contributed by atoms with Crippen LogP contribution in [-0.4, -0.2) is 29.0 Å². The Morgan fingerprint density at radius 3 is 2.37 bits per heavy atom. The highest BCUT2D eigenvalue weighted by molar-refractivity contribution is 5.40. The first-order valence-electron chi connectivity index (χ1n) is 11.7. The third-order valence-electron chi connectivity index (χ3n) is 7.53. The third-order valence-corrected chi connectivity index (χ3v) is 7.53. The van der Waals surface area contributed by atoms with Gasteiger partial charge in [0, 0.05) is 23.9 Å². The van der Waals surface area contributed by atoms with E-state index in [1.807, 2.05) is 0 Å². The van der Waals surface area contributed by atoms with Crippen LogP contribution in [0.3, 0.4) is 0 Å². The first-order chi connectivity index (χ1) is 14.7. The molecule has 1 aliphatic heterocycles. The van der Waals surface area contributed by atoms with Gasteiger partial charge in [0.05, 0.1) is 0 Å². The SMILES string of the molecule is Cc1c[nH]c(C)c1CCc1ccc(CC2c3ccccc3CC2N2CCCC2)cc1. The lowest BCUT2D eigenvalue weighted by atomic mass is 9.89. The summed E-state index contributed by atoms with van der Waals surface area (Å²) in [4.78, 5) is 6.12. The summed E-state index contributed by atoms with van der Waals surface area (Å²) in [6.07, 6.45) is 9.49. The van der Waals surface area contributed by atoms with Crippen LogP contribution in [0.5, 0.6) is 0 Å². The van der Waals surface area contributed by atoms with Crippen LogP contribution in [0.15, 0.2) is 54.7 Å². The molecule has 2 aromatic carbocycles. The number of hydrogen-bond acceptors (Lipinski definition) is 1. The Hall–Kier alpha value is -2.32. The molecule has 1 fully saturated rings. The van der Waals surface area contributed by atoms with Crippen molar-refractivity contribution in [2.24, 2.45) is 0 Å². The summed E-state index contributed by atoms with van der Waals surface area (Å²) >= 11 is 0. The lowest BCUT2D eigenvalue weighted by Gasteiger charge is -2.30. The quantitative estimate of drug-likeness (QED) is 0.559. The number of aromatic amines is 1. The van der Waals surface area contributed by atoms with Crippen LogP contribution in [0.25, 0.3) is 0 Å². The second kappa shape index (κ2) is 8.43. The summed E-state index contributed by atoms with van der Waals surface area (Å²) in [6.45, 7) is 6.96. The van der Waals surface area contributed by atoms with Crippen molar-refractivity contribution in [3.8, 4) is 0 Å². The normalized spacial score (nSPS) is 21.3. The van der Waals surface area contributed by atoms with Crippen molar-refractivity contribution in [2.75, 3.05) is 13.1 Å². The van der Waals surface area contributed by atoms with Gasteiger partial charge in [0.25, 0.3) is 0 Å². The molecule has 2 heteroatoms. The summed E-state index contributed by atoms with van der Waals surface area (Å²) in [5.41, 5.74) is 10.3. The molecule has 0 amide bonds. The maximum Gasteiger partial charge on any atom is 0.0208 e. The van der Waals surface area contributed by atoms with Crippen molar-refractivity contribution in [1.82, 2.24) is 9.88 Å². The van der Waals surface area contributed by atoms with Crippen LogP contribution in [0.1, 0.15) is 57.8 Å². The van der Waals surface area contributed by atoms with E-state index in [0.29, 0.717) is 12.0 Å². The van der Waals surface area contributed by atoms with E-state index in [9.17, 15) is 0 Å². The second-order valence-corrected chi connectivity index (χ2v) is 9.42. The van der Waals surface area contributed by atoms with Gasteiger partial charge in [0.2, 0.25) is 0 Å². The standard InChI is InChI=1S/C28H34N2/c1-20-19-29-21(2)25(20)14-13-22-9-11-23(12-10-22)17-27-26-8-4-3-7-24(26)18-28(27)30-15-5-6-16-30/h3-4,7-12,19,27-29H,5-6,13-18H2,1-2H3. The van der Waals surface area contributed by atoms with Crippen molar-refractivity contribution in [2.45, 2.75) is 64.3 Å². The molecule has 2 nitrogen and oxygen atoms in total. The highest BCUT2D eigenvalue weighted by Gasteiger charge is 2.36. The Bertz CT molecular complexity index is 972. The van der Waals surface area contributed by atoms with E-state index >= 15 is 0 Å². The highest BCUT2D eigenvalue weighted by Crippen LogP contribution is 2.39. The van der Waals surface area contributed by atoms with Crippen molar-refractivity contribution < 1.29 is 0 Å². The Morgan fingerprint density at radius 1 is 0.900 bits per heavy atom. The molecule has 2 atom stereocenters. The maximum absolute atomic E-state index is 3.35. The number of nitrogens with zero attached hydrogens (tertiary/aromatic N) is 1. The van der Waals surface area contributed by atoms with Crippen molar-refractivity contribution in [1.29, 1.82) is 0 Å². The van der Waals surface area contributed by atoms with Crippen LogP contribution >= 0.6 is 0 Å². The zero-order valence-electron chi connectivity index (χ0n) is 18.5. The summed E-state index contributed by atoms with van der Waals surface area (Å²) in [5.74, 6) is 0.635. The van der Waals surface area contributed by atoms with Gasteiger partial charge in [0.1, 0.15) is 0 Å². The number of nitrogens with one attached hydrogen (secondary N) is 1. The Labute approximate surface area is 181 Å². The average Bonchev–Trinajstić information content (AvgIpc) is 3.48. The number of aromatic nitrogens is 1. The molecular formula is C28H34N2. The minimum atomic E-state index is 0.635.